The summed E-state index contributed by atoms with van der Waals surface area (Å²) >= 11 is 0. The minimum Gasteiger partial charge on any atom is -0.507 e. The maximum absolute atomic E-state index is 15.0. The van der Waals surface area contributed by atoms with Crippen LogP contribution in [0.25, 0.3) is 10.8 Å². The number of amides is 1. The topological polar surface area (TPSA) is 252 Å². The number of aliphatic hydroxyl groups is 2. The number of ketones is 1. The zero-order valence-electron chi connectivity index (χ0n) is 43.1. The van der Waals surface area contributed by atoms with Crippen LogP contribution in [0.2, 0.25) is 0 Å². The molecule has 0 saturated carbocycles. The fourth-order valence-corrected chi connectivity index (χ4v) is 11.0. The van der Waals surface area contributed by atoms with E-state index in [0.717, 1.165) is 38.2 Å². The van der Waals surface area contributed by atoms with Crippen molar-refractivity contribution in [3.8, 4) is 17.2 Å². The number of rotatable bonds is 7. The van der Waals surface area contributed by atoms with Crippen LogP contribution in [-0.4, -0.2) is 134 Å². The van der Waals surface area contributed by atoms with E-state index in [9.17, 15) is 34.8 Å². The van der Waals surface area contributed by atoms with Crippen LogP contribution < -0.4 is 26.1 Å². The number of carbonyl (C=O) groups excluding carboxylic acids is 3. The van der Waals surface area contributed by atoms with Crippen molar-refractivity contribution >= 4 is 34.1 Å². The Morgan fingerprint density at radius 2 is 1.72 bits per heavy atom. The molecule has 0 aliphatic carbocycles. The number of anilines is 1. The molecule has 9 rings (SSSR count). The van der Waals surface area contributed by atoms with Crippen LogP contribution >= 0.6 is 0 Å². The monoisotopic (exact) mass is 997 g/mol. The van der Waals surface area contributed by atoms with Gasteiger partial charge in [0.25, 0.3) is 11.7 Å². The number of aliphatic hydroxyl groups excluding tert-OH is 2. The fraction of sp³-hybridized carbons (Fsp3) is 0.604. The van der Waals surface area contributed by atoms with Gasteiger partial charge in [-0.1, -0.05) is 65.0 Å². The second-order valence-corrected chi connectivity index (χ2v) is 21.2. The normalized spacial score (nSPS) is 31.8. The number of carbonyl (C=O) groups is 3. The van der Waals surface area contributed by atoms with Crippen molar-refractivity contribution in [2.24, 2.45) is 39.6 Å². The lowest BCUT2D eigenvalue weighted by molar-refractivity contribution is -0.164. The number of nitrogens with zero attached hydrogens (tertiary/aromatic N) is 6. The molecule has 72 heavy (non-hydrogen) atoms. The Bertz CT molecular complexity index is 2790. The lowest BCUT2D eigenvalue weighted by Crippen LogP contribution is -2.47. The summed E-state index contributed by atoms with van der Waals surface area (Å²) in [6.45, 7) is 19.7. The number of allylic oxidation sites excluding steroid dienone is 2. The first-order chi connectivity index (χ1) is 34.2. The van der Waals surface area contributed by atoms with Crippen LogP contribution in [0.5, 0.6) is 17.2 Å². The first-order valence-corrected chi connectivity index (χ1v) is 25.4. The Morgan fingerprint density at radius 1 is 0.986 bits per heavy atom. The van der Waals surface area contributed by atoms with Crippen LogP contribution in [-0.2, 0) is 30.3 Å². The molecule has 390 valence electrons. The Kier molecular flexibility index (Phi) is 15.3. The molecule has 1 aromatic heterocycles. The summed E-state index contributed by atoms with van der Waals surface area (Å²) in [6, 6.07) is 0. The maximum atomic E-state index is 15.0. The minimum absolute atomic E-state index is 0.0417. The molecule has 6 aliphatic rings. The van der Waals surface area contributed by atoms with Crippen LogP contribution in [0, 0.1) is 36.5 Å². The molecule has 2 saturated heterocycles. The van der Waals surface area contributed by atoms with Gasteiger partial charge in [-0.2, -0.15) is 0 Å². The number of hydrogen-bond donors (Lipinski definition) is 6. The third-order valence-electron chi connectivity index (χ3n) is 15.4. The summed E-state index contributed by atoms with van der Waals surface area (Å²) < 4.78 is 26.2. The number of esters is 1. The van der Waals surface area contributed by atoms with E-state index in [1.165, 1.54) is 25.0 Å². The molecule has 2 aromatic carbocycles. The molecule has 19 nitrogen and oxygen atoms in total. The van der Waals surface area contributed by atoms with Gasteiger partial charge in [0.15, 0.2) is 5.75 Å². The zero-order chi connectivity index (χ0) is 52.0. The lowest BCUT2D eigenvalue weighted by atomic mass is 9.78. The molecular formula is C53H72N8O11. The van der Waals surface area contributed by atoms with Gasteiger partial charge in [-0.15, -0.1) is 5.10 Å². The maximum Gasteiger partial charge on any atom is 0.328 e. The first-order valence-electron chi connectivity index (χ1n) is 25.4. The number of piperidine rings is 2. The number of benzene rings is 2. The fourth-order valence-electron chi connectivity index (χ4n) is 11.0. The standard InChI is InChI=1S/C53H72N8O11/c1-27(2)24-60-20-17-53(18-21-60)56-41-38-39-46(65)33(8)49-40(38)50(67)52(9,72-49)70-22-16-36(69-10)30(5)48(71-37(62)26-61-25-35(58-59-61)34-15-12-19-54-23-34)32(7)45(64)31(6)44(63)28(3)13-11-14-29(4)51(68)55-43(47(39)66)42(41)57-53/h11,13-14,16,22,25,27-28,30-32,34,36,44-45,48,54,56,63-66H,12,15,17-21,23-24,26H2,1-10H3/b13-11+,22-16+,29-14-,55-43?/t28-,30+,31+,32+,34?,36-,44-,45+,48+,52-/m0/s1. The summed E-state index contributed by atoms with van der Waals surface area (Å²) in [5.74, 6) is -6.85. The first kappa shape index (κ1) is 52.6. The number of nitrogens with one attached hydrogen (secondary N) is 2. The summed E-state index contributed by atoms with van der Waals surface area (Å²) in [5, 5.41) is 63.4. The van der Waals surface area contributed by atoms with Gasteiger partial charge in [-0.3, -0.25) is 19.4 Å². The van der Waals surface area contributed by atoms with Crippen LogP contribution in [0.15, 0.2) is 52.3 Å². The number of aromatic nitrogens is 3. The van der Waals surface area contributed by atoms with E-state index in [4.69, 9.17) is 23.9 Å². The number of aromatic hydroxyl groups is 2. The number of hydrogen-bond acceptors (Lipinski definition) is 17. The van der Waals surface area contributed by atoms with Crippen molar-refractivity contribution in [1.82, 2.24) is 25.2 Å². The van der Waals surface area contributed by atoms with Crippen LogP contribution in [0.4, 0.5) is 5.69 Å². The SMILES string of the molecule is CO[C@H]1/C=C/O[C@@]2(C)Oc3c(C)c(O)c4c(O)c(c5c(c4c3C2=O)NC2(CCN(CC(C)C)CC2)N=5)=NC(=O)/C(C)=C\C=C\[C@H](C)[C@H](O)[C@@H](C)[C@@H](O)[C@@H](C)[C@H](OC(=O)Cn2cc(C3CCCNC3)nn2)[C@@H]1C. The average Bonchev–Trinajstić information content (AvgIpc) is 4.05. The molecule has 1 unspecified atom stereocenters. The van der Waals surface area contributed by atoms with Gasteiger partial charge in [0.2, 0.25) is 0 Å². The van der Waals surface area contributed by atoms with E-state index >= 15 is 0 Å². The van der Waals surface area contributed by atoms with Gasteiger partial charge >= 0.3 is 11.8 Å². The van der Waals surface area contributed by atoms with Crippen molar-refractivity contribution in [1.29, 1.82) is 0 Å². The molecular weight excluding hydrogens is 925 g/mol. The Morgan fingerprint density at radius 3 is 2.40 bits per heavy atom. The Labute approximate surface area is 420 Å². The molecule has 6 N–H and O–H groups in total. The van der Waals surface area contributed by atoms with Crippen molar-refractivity contribution < 1.29 is 53.8 Å². The van der Waals surface area contributed by atoms with Crippen molar-refractivity contribution in [3.63, 3.8) is 0 Å². The van der Waals surface area contributed by atoms with Crippen molar-refractivity contribution in [3.05, 3.63) is 69.9 Å². The predicted octanol–water partition coefficient (Wildman–Crippen LogP) is 4.49. The predicted molar refractivity (Wildman–Crippen MR) is 267 cm³/mol. The second-order valence-electron chi connectivity index (χ2n) is 21.2. The number of methoxy groups -OCH3 is 1. The molecule has 1 amide bonds. The number of phenols is 2. The summed E-state index contributed by atoms with van der Waals surface area (Å²) in [6.07, 6.45) is 8.47. The van der Waals surface area contributed by atoms with Crippen molar-refractivity contribution in [2.75, 3.05) is 45.2 Å². The van der Waals surface area contributed by atoms with Gasteiger partial charge < -0.3 is 54.9 Å². The van der Waals surface area contributed by atoms with Crippen LogP contribution in [0.3, 0.4) is 0 Å². The summed E-state index contributed by atoms with van der Waals surface area (Å²) in [5.41, 5.74) is 0.606. The highest BCUT2D eigenvalue weighted by molar-refractivity contribution is 6.21. The van der Waals surface area contributed by atoms with E-state index in [2.05, 4.69) is 44.7 Å². The average molecular weight is 997 g/mol. The second kappa shape index (κ2) is 21.0. The smallest absolute Gasteiger partial charge is 0.328 e. The molecule has 10 atom stereocenters. The molecule has 0 radical (unpaired) electrons. The van der Waals surface area contributed by atoms with E-state index in [1.807, 2.05) is 0 Å². The van der Waals surface area contributed by atoms with E-state index in [-0.39, 0.29) is 62.1 Å². The van der Waals surface area contributed by atoms with Crippen molar-refractivity contribution in [2.45, 2.75) is 136 Å². The molecule has 1 spiro atoms. The molecule has 19 heteroatoms. The third kappa shape index (κ3) is 10.1. The van der Waals surface area contributed by atoms with Gasteiger partial charge in [0.05, 0.1) is 46.9 Å². The molecule has 6 aliphatic heterocycles. The number of Topliss-reactive ketones (excluding diaryl/α,β-unsaturated/α-hetero) is 1. The molecule has 2 fully saturated rings. The highest BCUT2D eigenvalue weighted by Crippen LogP contribution is 2.51. The van der Waals surface area contributed by atoms with E-state index in [0.29, 0.717) is 37.5 Å². The molecule has 7 heterocycles. The highest BCUT2D eigenvalue weighted by Gasteiger charge is 2.51. The van der Waals surface area contributed by atoms with Gasteiger partial charge in [-0.25, -0.2) is 9.67 Å². The Balaban J connectivity index is 1.19. The number of fused-ring (bicyclic) bond motifs is 13. The minimum atomic E-state index is -1.99. The van der Waals surface area contributed by atoms with E-state index < -0.39 is 82.9 Å². The number of phenolic OH excluding ortho intramolecular Hbond substituents is 2. The lowest BCUT2D eigenvalue weighted by Gasteiger charge is -2.38. The third-order valence-corrected chi connectivity index (χ3v) is 15.4. The van der Waals surface area contributed by atoms with Crippen LogP contribution in [0.1, 0.15) is 109 Å². The number of likely N-dealkylation sites (tertiary alicyclic amines) is 1. The Hall–Kier alpha value is -5.73. The highest BCUT2D eigenvalue weighted by atomic mass is 16.7. The zero-order valence-corrected chi connectivity index (χ0v) is 43.1. The van der Waals surface area contributed by atoms with E-state index in [1.54, 1.807) is 72.0 Å². The van der Waals surface area contributed by atoms with Gasteiger partial charge in [0.1, 0.15) is 40.5 Å². The number of ether oxygens (including phenoxy) is 4. The molecule has 3 aromatic rings. The molecule has 5 bridgehead atoms. The largest absolute Gasteiger partial charge is 0.507 e. The van der Waals surface area contributed by atoms with Gasteiger partial charge in [0, 0.05) is 105 Å². The summed E-state index contributed by atoms with van der Waals surface area (Å²) in [7, 11) is 1.47. The van der Waals surface area contributed by atoms with Gasteiger partial charge in [-0.05, 0) is 45.2 Å². The summed E-state index contributed by atoms with van der Waals surface area (Å²) in [4.78, 5) is 54.8. The quantitative estimate of drug-likeness (QED) is 0.141.